The van der Waals surface area contributed by atoms with Crippen molar-refractivity contribution in [1.29, 1.82) is 0 Å². The first kappa shape index (κ1) is 16.2. The molecule has 0 spiro atoms. The number of carbonyl (C=O) groups is 2. The SMILES string of the molecule is CC1(C)CC(=O)C2=C(C1)NC1=C(C(=O)c3ccccc31)[C@H]2c1cccnc1. The number of hydrogen-bond donors (Lipinski definition) is 1. The van der Waals surface area contributed by atoms with Crippen LogP contribution in [-0.4, -0.2) is 16.6 Å². The first-order valence-electron chi connectivity index (χ1n) is 9.28. The molecule has 2 aromatic rings. The summed E-state index contributed by atoms with van der Waals surface area (Å²) >= 11 is 0. The molecular weight excluding hydrogens is 336 g/mol. The third-order valence-corrected chi connectivity index (χ3v) is 5.75. The number of dihydropyridines is 1. The second-order valence-electron chi connectivity index (χ2n) is 8.34. The molecule has 0 unspecified atom stereocenters. The molecular formula is C23H20N2O2. The number of benzene rings is 1. The molecule has 2 aliphatic carbocycles. The third-order valence-electron chi connectivity index (χ3n) is 5.75. The van der Waals surface area contributed by atoms with Crippen molar-refractivity contribution in [3.63, 3.8) is 0 Å². The van der Waals surface area contributed by atoms with E-state index >= 15 is 0 Å². The van der Waals surface area contributed by atoms with Crippen LogP contribution >= 0.6 is 0 Å². The van der Waals surface area contributed by atoms with Crippen LogP contribution in [0.25, 0.3) is 5.70 Å². The van der Waals surface area contributed by atoms with Crippen LogP contribution in [0.5, 0.6) is 0 Å². The van der Waals surface area contributed by atoms with Crippen molar-refractivity contribution in [3.05, 3.63) is 82.3 Å². The molecule has 1 N–H and O–H groups in total. The lowest BCUT2D eigenvalue weighted by Crippen LogP contribution is -2.37. The van der Waals surface area contributed by atoms with E-state index < -0.39 is 0 Å². The monoisotopic (exact) mass is 356 g/mol. The molecule has 134 valence electrons. The van der Waals surface area contributed by atoms with Gasteiger partial charge in [-0.15, -0.1) is 0 Å². The number of carbonyl (C=O) groups excluding carboxylic acids is 2. The van der Waals surface area contributed by atoms with Crippen molar-refractivity contribution < 1.29 is 9.59 Å². The van der Waals surface area contributed by atoms with Crippen LogP contribution in [0.1, 0.15) is 54.1 Å². The van der Waals surface area contributed by atoms with E-state index in [9.17, 15) is 9.59 Å². The molecule has 0 radical (unpaired) electrons. The Morgan fingerprint density at radius 2 is 1.78 bits per heavy atom. The van der Waals surface area contributed by atoms with Gasteiger partial charge in [-0.1, -0.05) is 44.2 Å². The Labute approximate surface area is 158 Å². The molecule has 1 aromatic heterocycles. The van der Waals surface area contributed by atoms with Crippen molar-refractivity contribution in [2.24, 2.45) is 5.41 Å². The highest BCUT2D eigenvalue weighted by molar-refractivity contribution is 6.23. The van der Waals surface area contributed by atoms with Crippen LogP contribution in [0.15, 0.2) is 65.6 Å². The summed E-state index contributed by atoms with van der Waals surface area (Å²) in [5, 5.41) is 3.49. The summed E-state index contributed by atoms with van der Waals surface area (Å²) in [6, 6.07) is 11.5. The molecule has 4 nitrogen and oxygen atoms in total. The number of aromatic nitrogens is 1. The van der Waals surface area contributed by atoms with Gasteiger partial charge in [0.25, 0.3) is 0 Å². The van der Waals surface area contributed by atoms with Gasteiger partial charge >= 0.3 is 0 Å². The van der Waals surface area contributed by atoms with Gasteiger partial charge in [-0.05, 0) is 23.5 Å². The second-order valence-corrected chi connectivity index (χ2v) is 8.34. The molecule has 2 heterocycles. The molecule has 5 rings (SSSR count). The molecule has 4 heteroatoms. The number of rotatable bonds is 1. The van der Waals surface area contributed by atoms with Crippen LogP contribution in [0.2, 0.25) is 0 Å². The number of fused-ring (bicyclic) bond motifs is 2. The maximum absolute atomic E-state index is 13.3. The number of allylic oxidation sites excluding steroid dienone is 3. The summed E-state index contributed by atoms with van der Waals surface area (Å²) in [4.78, 5) is 30.7. The summed E-state index contributed by atoms with van der Waals surface area (Å²) in [5.74, 6) is -0.225. The molecule has 1 atom stereocenters. The van der Waals surface area contributed by atoms with Crippen LogP contribution in [0.4, 0.5) is 0 Å². The summed E-state index contributed by atoms with van der Waals surface area (Å²) in [7, 11) is 0. The lowest BCUT2D eigenvalue weighted by molar-refractivity contribution is -0.118. The van der Waals surface area contributed by atoms with Crippen molar-refractivity contribution in [2.45, 2.75) is 32.6 Å². The highest BCUT2D eigenvalue weighted by Gasteiger charge is 2.46. The average Bonchev–Trinajstić information content (AvgIpc) is 2.92. The minimum atomic E-state index is -0.353. The zero-order valence-electron chi connectivity index (χ0n) is 15.4. The van der Waals surface area contributed by atoms with E-state index in [4.69, 9.17) is 0 Å². The zero-order valence-corrected chi connectivity index (χ0v) is 15.4. The van der Waals surface area contributed by atoms with Crippen molar-refractivity contribution in [1.82, 2.24) is 10.3 Å². The topological polar surface area (TPSA) is 59.1 Å². The number of Topliss-reactive ketones (excluding diaryl/α,β-unsaturated/α-hetero) is 2. The number of hydrogen-bond acceptors (Lipinski definition) is 4. The molecule has 27 heavy (non-hydrogen) atoms. The van der Waals surface area contributed by atoms with E-state index in [2.05, 4.69) is 24.1 Å². The molecule has 0 saturated heterocycles. The standard InChI is InChI=1S/C23H20N2O2/c1-23(2)10-16-19(17(26)11-23)18(13-6-5-9-24-12-13)20-21(25-16)14-7-3-4-8-15(14)22(20)27/h3-9,12,18,25H,10-11H2,1-2H3/t18-/m0/s1. The lowest BCUT2D eigenvalue weighted by atomic mass is 9.68. The summed E-state index contributed by atoms with van der Waals surface area (Å²) in [6.45, 7) is 4.24. The van der Waals surface area contributed by atoms with Gasteiger partial charge in [-0.2, -0.15) is 0 Å². The van der Waals surface area contributed by atoms with Gasteiger partial charge < -0.3 is 5.32 Å². The lowest BCUT2D eigenvalue weighted by Gasteiger charge is -2.38. The molecule has 1 aliphatic heterocycles. The van der Waals surface area contributed by atoms with E-state index in [0.717, 1.165) is 34.5 Å². The molecule has 3 aliphatic rings. The predicted octanol–water partition coefficient (Wildman–Crippen LogP) is 4.02. The quantitative estimate of drug-likeness (QED) is 0.838. The number of nitrogens with zero attached hydrogens (tertiary/aromatic N) is 1. The van der Waals surface area contributed by atoms with Crippen LogP contribution < -0.4 is 5.32 Å². The highest BCUT2D eigenvalue weighted by Crippen LogP contribution is 2.51. The van der Waals surface area contributed by atoms with Crippen LogP contribution in [0, 0.1) is 5.41 Å². The third kappa shape index (κ3) is 2.33. The fraction of sp³-hybridized carbons (Fsp3) is 0.261. The fourth-order valence-electron chi connectivity index (χ4n) is 4.67. The smallest absolute Gasteiger partial charge is 0.192 e. The molecule has 0 saturated carbocycles. The van der Waals surface area contributed by atoms with Gasteiger partial charge in [0.15, 0.2) is 11.6 Å². The van der Waals surface area contributed by atoms with E-state index in [-0.39, 0.29) is 22.9 Å². The number of pyridine rings is 1. The van der Waals surface area contributed by atoms with Gasteiger partial charge in [-0.3, -0.25) is 14.6 Å². The minimum Gasteiger partial charge on any atom is -0.358 e. The van der Waals surface area contributed by atoms with Gasteiger partial charge in [0, 0.05) is 52.7 Å². The first-order chi connectivity index (χ1) is 13.0. The van der Waals surface area contributed by atoms with Crippen LogP contribution in [-0.2, 0) is 4.79 Å². The fourth-order valence-corrected chi connectivity index (χ4v) is 4.67. The van der Waals surface area contributed by atoms with Crippen molar-refractivity contribution in [2.75, 3.05) is 0 Å². The summed E-state index contributed by atoms with van der Waals surface area (Å²) < 4.78 is 0. The van der Waals surface area contributed by atoms with Gasteiger partial charge in [0.1, 0.15) is 0 Å². The van der Waals surface area contributed by atoms with Gasteiger partial charge in [-0.25, -0.2) is 0 Å². The Hall–Kier alpha value is -3.01. The molecule has 1 aromatic carbocycles. The van der Waals surface area contributed by atoms with Gasteiger partial charge in [0.2, 0.25) is 0 Å². The maximum Gasteiger partial charge on any atom is 0.192 e. The number of nitrogens with one attached hydrogen (secondary N) is 1. The largest absolute Gasteiger partial charge is 0.358 e. The highest BCUT2D eigenvalue weighted by atomic mass is 16.1. The maximum atomic E-state index is 13.3. The van der Waals surface area contributed by atoms with Crippen molar-refractivity contribution >= 4 is 17.3 Å². The molecule has 0 amide bonds. The Bertz CT molecular complexity index is 1060. The van der Waals surface area contributed by atoms with Crippen molar-refractivity contribution in [3.8, 4) is 0 Å². The minimum absolute atomic E-state index is 0.00568. The summed E-state index contributed by atoms with van der Waals surface area (Å²) in [5.41, 5.74) is 5.65. The number of ketones is 2. The molecule has 0 fully saturated rings. The summed E-state index contributed by atoms with van der Waals surface area (Å²) in [6.07, 6.45) is 4.77. The Morgan fingerprint density at radius 3 is 2.52 bits per heavy atom. The average molecular weight is 356 g/mol. The molecule has 0 bridgehead atoms. The van der Waals surface area contributed by atoms with E-state index in [0.29, 0.717) is 17.6 Å². The Morgan fingerprint density at radius 1 is 1.00 bits per heavy atom. The second kappa shape index (κ2) is 5.49. The Kier molecular flexibility index (Phi) is 3.29. The van der Waals surface area contributed by atoms with Gasteiger partial charge in [0.05, 0.1) is 5.70 Å². The van der Waals surface area contributed by atoms with E-state index in [1.807, 2.05) is 36.4 Å². The van der Waals surface area contributed by atoms with E-state index in [1.54, 1.807) is 12.4 Å². The first-order valence-corrected chi connectivity index (χ1v) is 9.28. The van der Waals surface area contributed by atoms with E-state index in [1.165, 1.54) is 0 Å². The zero-order chi connectivity index (χ0) is 18.8. The Balaban J connectivity index is 1.76. The van der Waals surface area contributed by atoms with Crippen LogP contribution in [0.3, 0.4) is 0 Å². The predicted molar refractivity (Wildman–Crippen MR) is 103 cm³/mol. The normalized spacial score (nSPS) is 23.0.